The van der Waals surface area contributed by atoms with Gasteiger partial charge in [0.1, 0.15) is 18.8 Å². The van der Waals surface area contributed by atoms with E-state index in [1.807, 2.05) is 13.8 Å². The summed E-state index contributed by atoms with van der Waals surface area (Å²) in [5.74, 6) is 1.52. The van der Waals surface area contributed by atoms with E-state index in [0.29, 0.717) is 24.6 Å². The molecule has 0 aliphatic carbocycles. The summed E-state index contributed by atoms with van der Waals surface area (Å²) in [6.07, 6.45) is 1.54. The fraction of sp³-hybridized carbons (Fsp3) is 0.733. The van der Waals surface area contributed by atoms with E-state index in [1.165, 1.54) is 0 Å². The second-order valence-electron chi connectivity index (χ2n) is 5.46. The summed E-state index contributed by atoms with van der Waals surface area (Å²) >= 11 is 0. The Kier molecular flexibility index (Phi) is 6.71. The topological polar surface area (TPSA) is 50.3 Å². The standard InChI is InChI=1S/C15H28N4O/c1-7-16-14-13(6)15(18-10-17-14)20-9-8-19(11(2)3)12(4)5/h10-12H,7-9H2,1-6H3,(H,16,17,18). The van der Waals surface area contributed by atoms with Gasteiger partial charge in [0.2, 0.25) is 5.88 Å². The number of nitrogens with one attached hydrogen (secondary N) is 1. The van der Waals surface area contributed by atoms with Crippen LogP contribution in [-0.4, -0.2) is 46.6 Å². The number of hydrogen-bond acceptors (Lipinski definition) is 5. The molecule has 0 unspecified atom stereocenters. The van der Waals surface area contributed by atoms with Crippen molar-refractivity contribution in [3.05, 3.63) is 11.9 Å². The third-order valence-electron chi connectivity index (χ3n) is 3.30. The monoisotopic (exact) mass is 280 g/mol. The molecule has 1 N–H and O–H groups in total. The molecule has 1 heterocycles. The maximum Gasteiger partial charge on any atom is 0.221 e. The van der Waals surface area contributed by atoms with Crippen molar-refractivity contribution in [3.63, 3.8) is 0 Å². The quantitative estimate of drug-likeness (QED) is 0.793. The van der Waals surface area contributed by atoms with E-state index in [1.54, 1.807) is 6.33 Å². The van der Waals surface area contributed by atoms with Crippen LogP contribution in [0.3, 0.4) is 0 Å². The Balaban J connectivity index is 2.59. The van der Waals surface area contributed by atoms with Gasteiger partial charge in [0.05, 0.1) is 5.56 Å². The van der Waals surface area contributed by atoms with Crippen LogP contribution in [0.15, 0.2) is 6.33 Å². The predicted octanol–water partition coefficient (Wildman–Crippen LogP) is 2.71. The van der Waals surface area contributed by atoms with E-state index < -0.39 is 0 Å². The van der Waals surface area contributed by atoms with Crippen LogP contribution in [0.5, 0.6) is 5.88 Å². The largest absolute Gasteiger partial charge is 0.476 e. The molecule has 1 aromatic rings. The van der Waals surface area contributed by atoms with Gasteiger partial charge in [0, 0.05) is 25.2 Å². The predicted molar refractivity (Wildman–Crippen MR) is 83.4 cm³/mol. The zero-order valence-corrected chi connectivity index (χ0v) is 13.6. The minimum absolute atomic E-state index is 0.516. The van der Waals surface area contributed by atoms with Gasteiger partial charge in [-0.05, 0) is 41.5 Å². The van der Waals surface area contributed by atoms with Crippen LogP contribution in [0.1, 0.15) is 40.2 Å². The van der Waals surface area contributed by atoms with Crippen LogP contribution in [0.25, 0.3) is 0 Å². The van der Waals surface area contributed by atoms with Gasteiger partial charge in [-0.15, -0.1) is 0 Å². The van der Waals surface area contributed by atoms with Crippen molar-refractivity contribution in [2.45, 2.75) is 53.6 Å². The third kappa shape index (κ3) is 4.63. The van der Waals surface area contributed by atoms with Gasteiger partial charge in [-0.3, -0.25) is 4.90 Å². The van der Waals surface area contributed by atoms with Crippen molar-refractivity contribution in [3.8, 4) is 5.88 Å². The van der Waals surface area contributed by atoms with Crippen LogP contribution in [0, 0.1) is 6.92 Å². The molecule has 1 aromatic heterocycles. The second-order valence-corrected chi connectivity index (χ2v) is 5.46. The summed E-state index contributed by atoms with van der Waals surface area (Å²) in [6, 6.07) is 1.03. The highest BCUT2D eigenvalue weighted by Gasteiger charge is 2.14. The Hall–Kier alpha value is -1.36. The molecular formula is C15H28N4O. The summed E-state index contributed by atoms with van der Waals surface area (Å²) in [5.41, 5.74) is 0.968. The van der Waals surface area contributed by atoms with Crippen molar-refractivity contribution in [2.75, 3.05) is 25.0 Å². The second kappa shape index (κ2) is 8.04. The first kappa shape index (κ1) is 16.7. The Morgan fingerprint density at radius 2 is 1.85 bits per heavy atom. The maximum atomic E-state index is 5.82. The average molecular weight is 280 g/mol. The lowest BCUT2D eigenvalue weighted by Gasteiger charge is -2.30. The van der Waals surface area contributed by atoms with Gasteiger partial charge in [0.25, 0.3) is 0 Å². The van der Waals surface area contributed by atoms with Gasteiger partial charge < -0.3 is 10.1 Å². The van der Waals surface area contributed by atoms with Gasteiger partial charge in [0.15, 0.2) is 0 Å². The van der Waals surface area contributed by atoms with Gasteiger partial charge >= 0.3 is 0 Å². The molecular weight excluding hydrogens is 252 g/mol. The minimum Gasteiger partial charge on any atom is -0.476 e. The lowest BCUT2D eigenvalue weighted by Crippen LogP contribution is -2.39. The van der Waals surface area contributed by atoms with Crippen LogP contribution in [0.4, 0.5) is 5.82 Å². The molecule has 0 saturated carbocycles. The fourth-order valence-electron chi connectivity index (χ4n) is 2.29. The number of aromatic nitrogens is 2. The van der Waals surface area contributed by atoms with Gasteiger partial charge in [-0.2, -0.15) is 0 Å². The van der Waals surface area contributed by atoms with E-state index in [-0.39, 0.29) is 0 Å². The average Bonchev–Trinajstić information content (AvgIpc) is 2.38. The van der Waals surface area contributed by atoms with Crippen LogP contribution < -0.4 is 10.1 Å². The lowest BCUT2D eigenvalue weighted by molar-refractivity contribution is 0.140. The zero-order chi connectivity index (χ0) is 15.1. The molecule has 0 amide bonds. The highest BCUT2D eigenvalue weighted by molar-refractivity contribution is 5.47. The van der Waals surface area contributed by atoms with Crippen LogP contribution >= 0.6 is 0 Å². The van der Waals surface area contributed by atoms with E-state index in [9.17, 15) is 0 Å². The molecule has 0 radical (unpaired) electrons. The molecule has 0 aromatic carbocycles. The molecule has 0 atom stereocenters. The van der Waals surface area contributed by atoms with E-state index in [4.69, 9.17) is 4.74 Å². The van der Waals surface area contributed by atoms with E-state index in [2.05, 4.69) is 47.9 Å². The van der Waals surface area contributed by atoms with Crippen molar-refractivity contribution in [1.82, 2.24) is 14.9 Å². The van der Waals surface area contributed by atoms with Crippen LogP contribution in [0.2, 0.25) is 0 Å². The summed E-state index contributed by atoms with van der Waals surface area (Å²) in [6.45, 7) is 15.2. The first-order valence-corrected chi connectivity index (χ1v) is 7.41. The van der Waals surface area contributed by atoms with Crippen molar-refractivity contribution in [2.24, 2.45) is 0 Å². The zero-order valence-electron chi connectivity index (χ0n) is 13.6. The first-order chi connectivity index (χ1) is 9.47. The van der Waals surface area contributed by atoms with E-state index >= 15 is 0 Å². The summed E-state index contributed by atoms with van der Waals surface area (Å²) in [5, 5.41) is 3.21. The minimum atomic E-state index is 0.516. The number of hydrogen-bond donors (Lipinski definition) is 1. The number of rotatable bonds is 8. The van der Waals surface area contributed by atoms with E-state index in [0.717, 1.165) is 24.5 Å². The Morgan fingerprint density at radius 3 is 2.40 bits per heavy atom. The van der Waals surface area contributed by atoms with Crippen molar-refractivity contribution in [1.29, 1.82) is 0 Å². The molecule has 0 aliphatic heterocycles. The molecule has 0 fully saturated rings. The van der Waals surface area contributed by atoms with Crippen molar-refractivity contribution < 1.29 is 4.74 Å². The van der Waals surface area contributed by atoms with Crippen LogP contribution in [-0.2, 0) is 0 Å². The Morgan fingerprint density at radius 1 is 1.20 bits per heavy atom. The number of nitrogens with zero attached hydrogens (tertiary/aromatic N) is 3. The highest BCUT2D eigenvalue weighted by atomic mass is 16.5. The lowest BCUT2D eigenvalue weighted by atomic mass is 10.2. The molecule has 5 nitrogen and oxygen atoms in total. The molecule has 0 aliphatic rings. The Labute approximate surface area is 122 Å². The first-order valence-electron chi connectivity index (χ1n) is 7.41. The SMILES string of the molecule is CCNc1ncnc(OCCN(C(C)C)C(C)C)c1C. The van der Waals surface area contributed by atoms with Gasteiger partial charge in [-0.25, -0.2) is 9.97 Å². The molecule has 5 heteroatoms. The molecule has 0 bridgehead atoms. The molecule has 1 rings (SSSR count). The molecule has 114 valence electrons. The molecule has 0 saturated heterocycles. The summed E-state index contributed by atoms with van der Waals surface area (Å²) < 4.78 is 5.82. The fourth-order valence-corrected chi connectivity index (χ4v) is 2.29. The highest BCUT2D eigenvalue weighted by Crippen LogP contribution is 2.20. The van der Waals surface area contributed by atoms with Gasteiger partial charge in [-0.1, -0.05) is 0 Å². The normalized spacial score (nSPS) is 11.4. The smallest absolute Gasteiger partial charge is 0.221 e. The Bertz CT molecular complexity index is 399. The number of anilines is 1. The molecule has 0 spiro atoms. The third-order valence-corrected chi connectivity index (χ3v) is 3.30. The summed E-state index contributed by atoms with van der Waals surface area (Å²) in [4.78, 5) is 10.8. The van der Waals surface area contributed by atoms with Crippen molar-refractivity contribution >= 4 is 5.82 Å². The maximum absolute atomic E-state index is 5.82. The summed E-state index contributed by atoms with van der Waals surface area (Å²) in [7, 11) is 0. The molecule has 20 heavy (non-hydrogen) atoms. The number of ether oxygens (including phenoxy) is 1.